The summed E-state index contributed by atoms with van der Waals surface area (Å²) in [5, 5.41) is 22.3. The summed E-state index contributed by atoms with van der Waals surface area (Å²) in [5.41, 5.74) is 2.87. The molecule has 0 bridgehead atoms. The molecule has 3 N–H and O–H groups in total. The second-order valence-corrected chi connectivity index (χ2v) is 9.80. The van der Waals surface area contributed by atoms with Gasteiger partial charge >= 0.3 is 0 Å². The van der Waals surface area contributed by atoms with Gasteiger partial charge < -0.3 is 10.2 Å². The van der Waals surface area contributed by atoms with E-state index in [9.17, 15) is 23.4 Å². The molecule has 0 saturated carbocycles. The lowest BCUT2D eigenvalue weighted by atomic mass is 9.94. The van der Waals surface area contributed by atoms with Gasteiger partial charge in [-0.2, -0.15) is 0 Å². The second kappa shape index (κ2) is 13.1. The van der Waals surface area contributed by atoms with E-state index in [1.807, 2.05) is 38.5 Å². The van der Waals surface area contributed by atoms with Gasteiger partial charge in [0, 0.05) is 11.0 Å². The summed E-state index contributed by atoms with van der Waals surface area (Å²) in [4.78, 5) is 12.8. The standard InChI is InChI=1S/C25H37NO5S/c1-6-8-9-13-20-17-22(27)21(15-14-19(5)12-10-11-18(3)4)24(28)23(20)25(29)26-32(30,31)16-7-2/h7,11,14,16-17,27-28H,6,8-10,12-13,15H2,1-5H3,(H,26,29)/b16-7+,19-14+. The second-order valence-electron chi connectivity index (χ2n) is 8.23. The van der Waals surface area contributed by atoms with E-state index in [1.54, 1.807) is 0 Å². The van der Waals surface area contributed by atoms with Crippen LogP contribution >= 0.6 is 0 Å². The number of hydrogen-bond donors (Lipinski definition) is 3. The highest BCUT2D eigenvalue weighted by atomic mass is 32.2. The number of carbonyl (C=O) groups is 1. The Hall–Kier alpha value is -2.54. The lowest BCUT2D eigenvalue weighted by molar-refractivity contribution is 0.0978. The lowest BCUT2D eigenvalue weighted by Gasteiger charge is -2.16. The quantitative estimate of drug-likeness (QED) is 0.274. The third kappa shape index (κ3) is 8.91. The van der Waals surface area contributed by atoms with Gasteiger partial charge in [-0.3, -0.25) is 4.79 Å². The maximum Gasteiger partial charge on any atom is 0.269 e. The van der Waals surface area contributed by atoms with Crippen LogP contribution in [0.5, 0.6) is 11.5 Å². The van der Waals surface area contributed by atoms with E-state index < -0.39 is 15.9 Å². The van der Waals surface area contributed by atoms with Gasteiger partial charge in [0.05, 0.1) is 5.56 Å². The Morgan fingerprint density at radius 3 is 2.41 bits per heavy atom. The zero-order valence-corrected chi connectivity index (χ0v) is 20.7. The summed E-state index contributed by atoms with van der Waals surface area (Å²) in [5.74, 6) is -1.38. The highest BCUT2D eigenvalue weighted by molar-refractivity contribution is 7.92. The Labute approximate surface area is 192 Å². The average molecular weight is 464 g/mol. The number of phenols is 2. The summed E-state index contributed by atoms with van der Waals surface area (Å²) in [6.45, 7) is 9.63. The maximum absolute atomic E-state index is 12.8. The zero-order chi connectivity index (χ0) is 24.3. The first kappa shape index (κ1) is 27.5. The molecule has 1 aromatic carbocycles. The van der Waals surface area contributed by atoms with Gasteiger partial charge in [-0.05, 0) is 71.4 Å². The van der Waals surface area contributed by atoms with Crippen LogP contribution in [0.2, 0.25) is 0 Å². The average Bonchev–Trinajstić information content (AvgIpc) is 2.66. The number of phenolic OH excluding ortho intramolecular Hbond substituents is 2. The molecule has 0 aliphatic rings. The number of rotatable bonds is 12. The molecular weight excluding hydrogens is 426 g/mol. The predicted molar refractivity (Wildman–Crippen MR) is 130 cm³/mol. The topological polar surface area (TPSA) is 104 Å². The van der Waals surface area contributed by atoms with E-state index in [4.69, 9.17) is 0 Å². The molecule has 0 aliphatic heterocycles. The molecule has 1 amide bonds. The van der Waals surface area contributed by atoms with E-state index in [0.29, 0.717) is 12.0 Å². The minimum atomic E-state index is -3.97. The molecule has 6 nitrogen and oxygen atoms in total. The van der Waals surface area contributed by atoms with Gasteiger partial charge in [0.1, 0.15) is 11.5 Å². The van der Waals surface area contributed by atoms with Crippen molar-refractivity contribution in [1.82, 2.24) is 4.72 Å². The normalized spacial score (nSPS) is 12.2. The number of sulfonamides is 1. The number of carbonyl (C=O) groups excluding carboxylic acids is 1. The zero-order valence-electron chi connectivity index (χ0n) is 19.9. The fourth-order valence-corrected chi connectivity index (χ4v) is 4.11. The van der Waals surface area contributed by atoms with Crippen molar-refractivity contribution in [3.8, 4) is 11.5 Å². The van der Waals surface area contributed by atoms with Crippen LogP contribution in [-0.4, -0.2) is 24.5 Å². The number of aryl methyl sites for hydroxylation is 1. The molecule has 178 valence electrons. The largest absolute Gasteiger partial charge is 0.508 e. The fraction of sp³-hybridized carbons (Fsp3) is 0.480. The number of unbranched alkanes of at least 4 members (excludes halogenated alkanes) is 2. The Bertz CT molecular complexity index is 984. The molecule has 0 aliphatic carbocycles. The summed E-state index contributed by atoms with van der Waals surface area (Å²) >= 11 is 0. The number of allylic oxidation sites excluding steroid dienone is 5. The summed E-state index contributed by atoms with van der Waals surface area (Å²) < 4.78 is 26.1. The SMILES string of the molecule is C/C=C/S(=O)(=O)NC(=O)c1c(CCCCC)cc(O)c(C/C=C(\C)CCC=C(C)C)c1O. The van der Waals surface area contributed by atoms with Gasteiger partial charge in [0.15, 0.2) is 0 Å². The Kier molecular flexibility index (Phi) is 11.3. The number of nitrogens with one attached hydrogen (secondary N) is 1. The Balaban J connectivity index is 3.32. The van der Waals surface area contributed by atoms with Gasteiger partial charge in [0.25, 0.3) is 15.9 Å². The molecule has 32 heavy (non-hydrogen) atoms. The molecule has 0 heterocycles. The summed E-state index contributed by atoms with van der Waals surface area (Å²) in [7, 11) is -3.97. The number of amides is 1. The van der Waals surface area contributed by atoms with Crippen LogP contribution in [0.3, 0.4) is 0 Å². The van der Waals surface area contributed by atoms with Gasteiger partial charge in [-0.1, -0.05) is 49.1 Å². The van der Waals surface area contributed by atoms with Crippen molar-refractivity contribution in [2.45, 2.75) is 79.6 Å². The summed E-state index contributed by atoms with van der Waals surface area (Å²) in [6, 6.07) is 1.47. The van der Waals surface area contributed by atoms with Crippen LogP contribution in [0, 0.1) is 0 Å². The Morgan fingerprint density at radius 1 is 1.12 bits per heavy atom. The highest BCUT2D eigenvalue weighted by Gasteiger charge is 2.24. The van der Waals surface area contributed by atoms with Gasteiger partial charge in [-0.25, -0.2) is 13.1 Å². The van der Waals surface area contributed by atoms with E-state index in [0.717, 1.165) is 43.1 Å². The van der Waals surface area contributed by atoms with Crippen LogP contribution < -0.4 is 4.72 Å². The lowest BCUT2D eigenvalue weighted by Crippen LogP contribution is -2.30. The maximum atomic E-state index is 12.8. The molecule has 1 aromatic rings. The smallest absolute Gasteiger partial charge is 0.269 e. The molecule has 1 rings (SSSR count). The van der Waals surface area contributed by atoms with Crippen molar-refractivity contribution in [1.29, 1.82) is 0 Å². The van der Waals surface area contributed by atoms with Crippen LogP contribution in [-0.2, 0) is 22.9 Å². The molecule has 0 saturated heterocycles. The van der Waals surface area contributed by atoms with Gasteiger partial charge in [0.2, 0.25) is 0 Å². The molecule has 0 spiro atoms. The van der Waals surface area contributed by atoms with E-state index in [-0.39, 0.29) is 29.0 Å². The molecular formula is C25H37NO5S. The highest BCUT2D eigenvalue weighted by Crippen LogP contribution is 2.35. The van der Waals surface area contributed by atoms with E-state index in [1.165, 1.54) is 24.6 Å². The monoisotopic (exact) mass is 463 g/mol. The van der Waals surface area contributed by atoms with Crippen molar-refractivity contribution < 1.29 is 23.4 Å². The van der Waals surface area contributed by atoms with Crippen LogP contribution in [0.15, 0.2) is 40.8 Å². The number of aromatic hydroxyl groups is 2. The number of hydrogen-bond acceptors (Lipinski definition) is 5. The van der Waals surface area contributed by atoms with Crippen molar-refractivity contribution in [2.75, 3.05) is 0 Å². The van der Waals surface area contributed by atoms with Crippen LogP contribution in [0.1, 0.15) is 88.2 Å². The first-order valence-electron chi connectivity index (χ1n) is 11.1. The minimum Gasteiger partial charge on any atom is -0.508 e. The van der Waals surface area contributed by atoms with Crippen LogP contribution in [0.4, 0.5) is 0 Å². The van der Waals surface area contributed by atoms with Crippen molar-refractivity contribution in [2.24, 2.45) is 0 Å². The van der Waals surface area contributed by atoms with Gasteiger partial charge in [-0.15, -0.1) is 0 Å². The molecule has 0 radical (unpaired) electrons. The van der Waals surface area contributed by atoms with Crippen molar-refractivity contribution in [3.05, 3.63) is 57.5 Å². The van der Waals surface area contributed by atoms with E-state index >= 15 is 0 Å². The molecule has 0 aromatic heterocycles. The molecule has 7 heteroatoms. The van der Waals surface area contributed by atoms with Crippen LogP contribution in [0.25, 0.3) is 0 Å². The minimum absolute atomic E-state index is 0.0995. The predicted octanol–water partition coefficient (Wildman–Crippen LogP) is 5.66. The third-order valence-electron chi connectivity index (χ3n) is 5.04. The molecule has 0 unspecified atom stereocenters. The first-order chi connectivity index (χ1) is 15.0. The Morgan fingerprint density at radius 2 is 1.81 bits per heavy atom. The van der Waals surface area contributed by atoms with Crippen molar-refractivity contribution >= 4 is 15.9 Å². The third-order valence-corrected chi connectivity index (χ3v) is 6.14. The molecule has 0 atom stereocenters. The molecule has 0 fully saturated rings. The van der Waals surface area contributed by atoms with E-state index in [2.05, 4.69) is 6.08 Å². The fourth-order valence-electron chi connectivity index (χ4n) is 3.33. The van der Waals surface area contributed by atoms with Crippen molar-refractivity contribution in [3.63, 3.8) is 0 Å². The summed E-state index contributed by atoms with van der Waals surface area (Å²) in [6.07, 6.45) is 10.4. The first-order valence-corrected chi connectivity index (χ1v) is 12.6. The number of benzene rings is 1.